The second-order valence-electron chi connectivity index (χ2n) is 9.56. The van der Waals surface area contributed by atoms with Crippen molar-refractivity contribution < 1.29 is 24.2 Å². The highest BCUT2D eigenvalue weighted by atomic mass is 16.5. The lowest BCUT2D eigenvalue weighted by Gasteiger charge is -2.21. The Bertz CT molecular complexity index is 1000. The summed E-state index contributed by atoms with van der Waals surface area (Å²) in [4.78, 5) is 36.6. The molecule has 186 valence electrons. The van der Waals surface area contributed by atoms with Gasteiger partial charge in [-0.3, -0.25) is 9.59 Å². The largest absolute Gasteiger partial charge is 0.481 e. The van der Waals surface area contributed by atoms with Gasteiger partial charge in [-0.15, -0.1) is 0 Å². The zero-order valence-corrected chi connectivity index (χ0v) is 20.0. The monoisotopic (exact) mass is 478 g/mol. The van der Waals surface area contributed by atoms with E-state index in [-0.39, 0.29) is 31.3 Å². The maximum Gasteiger partial charge on any atom is 0.407 e. The fraction of sp³-hybridized carbons (Fsp3) is 0.464. The van der Waals surface area contributed by atoms with Gasteiger partial charge in [-0.2, -0.15) is 0 Å². The summed E-state index contributed by atoms with van der Waals surface area (Å²) in [5.74, 6) is -1.03. The first-order chi connectivity index (χ1) is 17.0. The Kier molecular flexibility index (Phi) is 8.40. The molecular formula is C28H34N2O5. The fourth-order valence-electron chi connectivity index (χ4n) is 5.26. The number of carbonyl (C=O) groups is 3. The summed E-state index contributed by atoms with van der Waals surface area (Å²) in [5, 5.41) is 14.6. The van der Waals surface area contributed by atoms with Crippen molar-refractivity contribution in [3.63, 3.8) is 0 Å². The van der Waals surface area contributed by atoms with E-state index in [2.05, 4.69) is 22.8 Å². The first-order valence-electron chi connectivity index (χ1n) is 12.6. The summed E-state index contributed by atoms with van der Waals surface area (Å²) in [7, 11) is 0. The number of fused-ring (bicyclic) bond motifs is 3. The maximum atomic E-state index is 12.8. The van der Waals surface area contributed by atoms with Crippen molar-refractivity contribution in [2.24, 2.45) is 5.92 Å². The van der Waals surface area contributed by atoms with Crippen molar-refractivity contribution in [2.75, 3.05) is 13.2 Å². The first kappa shape index (κ1) is 24.8. The number of aliphatic carboxylic acids is 1. The number of carbonyl (C=O) groups excluding carboxylic acids is 2. The zero-order chi connectivity index (χ0) is 24.6. The number of carboxylic acid groups (broad SMARTS) is 1. The van der Waals surface area contributed by atoms with Gasteiger partial charge >= 0.3 is 12.1 Å². The van der Waals surface area contributed by atoms with Crippen LogP contribution < -0.4 is 10.6 Å². The molecule has 0 aromatic heterocycles. The van der Waals surface area contributed by atoms with E-state index in [1.807, 2.05) is 36.4 Å². The summed E-state index contributed by atoms with van der Waals surface area (Å²) < 4.78 is 5.56. The number of hydrogen-bond acceptors (Lipinski definition) is 4. The molecule has 2 aromatic rings. The number of amides is 2. The third-order valence-corrected chi connectivity index (χ3v) is 7.14. The number of benzene rings is 2. The van der Waals surface area contributed by atoms with E-state index < -0.39 is 18.1 Å². The lowest BCUT2D eigenvalue weighted by atomic mass is 9.98. The third-order valence-electron chi connectivity index (χ3n) is 7.14. The number of ether oxygens (including phenoxy) is 1. The van der Waals surface area contributed by atoms with Crippen LogP contribution in [0.25, 0.3) is 11.1 Å². The van der Waals surface area contributed by atoms with Gasteiger partial charge in [0.1, 0.15) is 12.6 Å². The molecule has 2 aliphatic rings. The molecule has 1 atom stereocenters. The van der Waals surface area contributed by atoms with Crippen molar-refractivity contribution in [3.05, 3.63) is 59.7 Å². The van der Waals surface area contributed by atoms with Gasteiger partial charge in [0.2, 0.25) is 5.91 Å². The quantitative estimate of drug-likeness (QED) is 0.447. The van der Waals surface area contributed by atoms with Crippen LogP contribution in [0.2, 0.25) is 0 Å². The van der Waals surface area contributed by atoms with E-state index in [1.54, 1.807) is 0 Å². The molecule has 3 N–H and O–H groups in total. The van der Waals surface area contributed by atoms with Crippen LogP contribution in [0.1, 0.15) is 68.4 Å². The Hall–Kier alpha value is -3.35. The van der Waals surface area contributed by atoms with Crippen molar-refractivity contribution in [2.45, 2.75) is 63.3 Å². The smallest absolute Gasteiger partial charge is 0.407 e. The van der Waals surface area contributed by atoms with Gasteiger partial charge in [-0.25, -0.2) is 4.79 Å². The highest BCUT2D eigenvalue weighted by Gasteiger charge is 2.30. The van der Waals surface area contributed by atoms with Crippen LogP contribution in [0.3, 0.4) is 0 Å². The van der Waals surface area contributed by atoms with Crippen LogP contribution >= 0.6 is 0 Å². The molecule has 1 unspecified atom stereocenters. The summed E-state index contributed by atoms with van der Waals surface area (Å²) in [6, 6.07) is 15.2. The molecule has 4 rings (SSSR count). The Morgan fingerprint density at radius 3 is 2.11 bits per heavy atom. The molecule has 0 saturated heterocycles. The van der Waals surface area contributed by atoms with E-state index in [0.717, 1.165) is 35.1 Å². The summed E-state index contributed by atoms with van der Waals surface area (Å²) in [6.07, 6.45) is 6.04. The van der Waals surface area contributed by atoms with Crippen LogP contribution in [-0.4, -0.2) is 42.3 Å². The standard InChI is InChI=1S/C28H34N2O5/c31-26(32)16-15-25(27(33)29-17-19-9-3-1-2-4-10-19)30-28(34)35-18-24-22-13-7-5-11-20(22)21-12-6-8-14-23(21)24/h5-8,11-14,19,24-25H,1-4,9-10,15-18H2,(H,29,33)(H,30,34)(H,31,32). The van der Waals surface area contributed by atoms with Crippen molar-refractivity contribution in [3.8, 4) is 11.1 Å². The average molecular weight is 479 g/mol. The molecule has 2 aliphatic carbocycles. The molecule has 7 nitrogen and oxygen atoms in total. The highest BCUT2D eigenvalue weighted by Crippen LogP contribution is 2.44. The van der Waals surface area contributed by atoms with Crippen LogP contribution in [0.15, 0.2) is 48.5 Å². The van der Waals surface area contributed by atoms with Gasteiger partial charge in [0.25, 0.3) is 0 Å². The first-order valence-corrected chi connectivity index (χ1v) is 12.6. The SMILES string of the molecule is O=C(O)CCC(NC(=O)OCC1c2ccccc2-c2ccccc21)C(=O)NCC1CCCCCC1. The second kappa shape index (κ2) is 11.9. The Balaban J connectivity index is 1.35. The molecule has 0 bridgehead atoms. The minimum atomic E-state index is -1.01. The summed E-state index contributed by atoms with van der Waals surface area (Å²) in [6.45, 7) is 0.685. The molecule has 2 aromatic carbocycles. The van der Waals surface area contributed by atoms with Crippen LogP contribution in [-0.2, 0) is 14.3 Å². The van der Waals surface area contributed by atoms with Crippen LogP contribution in [0, 0.1) is 5.92 Å². The Labute approximate surface area is 206 Å². The molecule has 1 saturated carbocycles. The van der Waals surface area contributed by atoms with Crippen molar-refractivity contribution in [1.29, 1.82) is 0 Å². The van der Waals surface area contributed by atoms with Gasteiger partial charge in [0.05, 0.1) is 0 Å². The van der Waals surface area contributed by atoms with E-state index in [9.17, 15) is 14.4 Å². The van der Waals surface area contributed by atoms with E-state index >= 15 is 0 Å². The van der Waals surface area contributed by atoms with Gasteiger partial charge in [-0.05, 0) is 47.4 Å². The molecule has 0 spiro atoms. The van der Waals surface area contributed by atoms with E-state index in [0.29, 0.717) is 12.5 Å². The molecule has 7 heteroatoms. The van der Waals surface area contributed by atoms with Crippen LogP contribution in [0.5, 0.6) is 0 Å². The molecule has 2 amide bonds. The number of hydrogen-bond donors (Lipinski definition) is 3. The fourth-order valence-corrected chi connectivity index (χ4v) is 5.26. The van der Waals surface area contributed by atoms with Crippen molar-refractivity contribution >= 4 is 18.0 Å². The van der Waals surface area contributed by atoms with Gasteiger partial charge in [0, 0.05) is 18.9 Å². The van der Waals surface area contributed by atoms with Gasteiger partial charge in [-0.1, -0.05) is 74.2 Å². The Morgan fingerprint density at radius 1 is 0.914 bits per heavy atom. The average Bonchev–Trinajstić information content (AvgIpc) is 2.98. The molecule has 35 heavy (non-hydrogen) atoms. The van der Waals surface area contributed by atoms with Gasteiger partial charge < -0.3 is 20.5 Å². The topological polar surface area (TPSA) is 105 Å². The predicted molar refractivity (Wildman–Crippen MR) is 133 cm³/mol. The number of rotatable bonds is 9. The normalized spacial score (nSPS) is 16.5. The number of carboxylic acids is 1. The van der Waals surface area contributed by atoms with Gasteiger partial charge in [0.15, 0.2) is 0 Å². The van der Waals surface area contributed by atoms with Crippen molar-refractivity contribution in [1.82, 2.24) is 10.6 Å². The number of alkyl carbamates (subject to hydrolysis) is 1. The van der Waals surface area contributed by atoms with E-state index in [1.165, 1.54) is 25.7 Å². The highest BCUT2D eigenvalue weighted by molar-refractivity contribution is 5.86. The molecule has 0 radical (unpaired) electrons. The Morgan fingerprint density at radius 2 is 1.51 bits per heavy atom. The lowest BCUT2D eigenvalue weighted by molar-refractivity contribution is -0.137. The second-order valence-corrected chi connectivity index (χ2v) is 9.56. The summed E-state index contributed by atoms with van der Waals surface area (Å²) >= 11 is 0. The minimum absolute atomic E-state index is 0.00995. The molecule has 0 heterocycles. The lowest BCUT2D eigenvalue weighted by Crippen LogP contribution is -2.48. The predicted octanol–water partition coefficient (Wildman–Crippen LogP) is 4.85. The maximum absolute atomic E-state index is 12.8. The molecular weight excluding hydrogens is 444 g/mol. The number of nitrogens with one attached hydrogen (secondary N) is 2. The molecule has 0 aliphatic heterocycles. The van der Waals surface area contributed by atoms with E-state index in [4.69, 9.17) is 9.84 Å². The third kappa shape index (κ3) is 6.41. The minimum Gasteiger partial charge on any atom is -0.481 e. The van der Waals surface area contributed by atoms with Crippen LogP contribution in [0.4, 0.5) is 4.79 Å². The summed E-state index contributed by atoms with van der Waals surface area (Å²) in [5.41, 5.74) is 4.47. The molecule has 1 fully saturated rings. The zero-order valence-electron chi connectivity index (χ0n) is 20.0.